The SMILES string of the molecule is CON[C@@H](C)C(=O)NP(=O)(O)O[C@]1(n2cnc3c(NC4CC4)nc(N)nc32)C=C[C@@H](COC(O)C(=O)c2ccccc2)C1. The van der Waals surface area contributed by atoms with Crippen LogP contribution in [-0.2, 0) is 29.2 Å². The van der Waals surface area contributed by atoms with Gasteiger partial charge in [-0.25, -0.2) is 9.55 Å². The zero-order valence-electron chi connectivity index (χ0n) is 23.4. The van der Waals surface area contributed by atoms with Crippen LogP contribution in [0.4, 0.5) is 11.8 Å². The number of aliphatic hydroxyl groups is 1. The van der Waals surface area contributed by atoms with Crippen molar-refractivity contribution in [2.75, 3.05) is 24.8 Å². The molecular weight excluding hydrogens is 583 g/mol. The highest BCUT2D eigenvalue weighted by molar-refractivity contribution is 7.51. The zero-order chi connectivity index (χ0) is 30.8. The molecule has 43 heavy (non-hydrogen) atoms. The number of nitrogens with one attached hydrogen (secondary N) is 3. The number of amides is 1. The second-order valence-electron chi connectivity index (χ2n) is 10.4. The molecule has 5 atom stereocenters. The van der Waals surface area contributed by atoms with Crippen LogP contribution < -0.4 is 21.6 Å². The van der Waals surface area contributed by atoms with Crippen LogP contribution in [0.3, 0.4) is 0 Å². The van der Waals surface area contributed by atoms with Crippen LogP contribution in [0.1, 0.15) is 36.5 Å². The summed E-state index contributed by atoms with van der Waals surface area (Å²) in [5.74, 6) is -1.64. The smallest absolute Gasteiger partial charge is 0.368 e. The summed E-state index contributed by atoms with van der Waals surface area (Å²) < 4.78 is 26.0. The second kappa shape index (κ2) is 12.5. The predicted octanol–water partition coefficient (Wildman–Crippen LogP) is 1.20. The summed E-state index contributed by atoms with van der Waals surface area (Å²) in [6, 6.07) is 7.44. The van der Waals surface area contributed by atoms with Crippen molar-refractivity contribution in [1.82, 2.24) is 30.1 Å². The molecular formula is C26H33N8O8P. The molecule has 2 aliphatic rings. The van der Waals surface area contributed by atoms with Gasteiger partial charge in [0.1, 0.15) is 6.04 Å². The summed E-state index contributed by atoms with van der Waals surface area (Å²) in [6.45, 7) is 1.29. The lowest BCUT2D eigenvalue weighted by Crippen LogP contribution is -2.42. The van der Waals surface area contributed by atoms with E-state index in [1.54, 1.807) is 36.4 Å². The number of anilines is 2. The molecule has 1 aromatic carbocycles. The molecule has 0 radical (unpaired) electrons. The average molecular weight is 617 g/mol. The van der Waals surface area contributed by atoms with Crippen LogP contribution in [0.25, 0.3) is 11.2 Å². The Morgan fingerprint density at radius 2 is 2.00 bits per heavy atom. The first-order valence-corrected chi connectivity index (χ1v) is 15.1. The number of hydroxylamine groups is 1. The molecule has 1 fully saturated rings. The van der Waals surface area contributed by atoms with Crippen molar-refractivity contribution in [2.24, 2.45) is 5.92 Å². The summed E-state index contributed by atoms with van der Waals surface area (Å²) in [5, 5.41) is 15.6. The van der Waals surface area contributed by atoms with E-state index in [1.165, 1.54) is 31.0 Å². The van der Waals surface area contributed by atoms with Crippen molar-refractivity contribution in [3.8, 4) is 0 Å². The molecule has 16 nitrogen and oxygen atoms in total. The maximum Gasteiger partial charge on any atom is 0.434 e. The largest absolute Gasteiger partial charge is 0.434 e. The Bertz CT molecular complexity index is 1570. The third kappa shape index (κ3) is 7.08. The number of benzene rings is 1. The molecule has 3 aromatic rings. The summed E-state index contributed by atoms with van der Waals surface area (Å²) in [6.07, 6.45) is 4.70. The Labute approximate surface area is 246 Å². The Balaban J connectivity index is 1.41. The summed E-state index contributed by atoms with van der Waals surface area (Å²) in [4.78, 5) is 53.6. The van der Waals surface area contributed by atoms with Crippen LogP contribution in [0, 0.1) is 5.92 Å². The maximum absolute atomic E-state index is 13.3. The minimum atomic E-state index is -4.85. The first-order valence-electron chi connectivity index (χ1n) is 13.5. The first kappa shape index (κ1) is 30.7. The van der Waals surface area contributed by atoms with E-state index in [0.29, 0.717) is 11.3 Å². The van der Waals surface area contributed by atoms with E-state index < -0.39 is 43.4 Å². The number of nitrogens with zero attached hydrogens (tertiary/aromatic N) is 4. The van der Waals surface area contributed by atoms with Gasteiger partial charge in [-0.3, -0.25) is 23.8 Å². The quantitative estimate of drug-likeness (QED) is 0.0492. The lowest BCUT2D eigenvalue weighted by atomic mass is 10.1. The molecule has 2 heterocycles. The molecule has 0 aliphatic heterocycles. The van der Waals surface area contributed by atoms with E-state index in [9.17, 15) is 24.2 Å². The molecule has 0 saturated heterocycles. The fourth-order valence-corrected chi connectivity index (χ4v) is 5.83. The van der Waals surface area contributed by atoms with E-state index in [1.807, 2.05) is 5.09 Å². The van der Waals surface area contributed by atoms with Gasteiger partial charge in [-0.2, -0.15) is 15.4 Å². The summed E-state index contributed by atoms with van der Waals surface area (Å²) in [7, 11) is -3.55. The van der Waals surface area contributed by atoms with Crippen molar-refractivity contribution in [2.45, 2.75) is 50.3 Å². The van der Waals surface area contributed by atoms with Gasteiger partial charge >= 0.3 is 7.75 Å². The Morgan fingerprint density at radius 1 is 1.26 bits per heavy atom. The lowest BCUT2D eigenvalue weighted by molar-refractivity contribution is -0.124. The normalized spacial score (nSPS) is 22.7. The molecule has 17 heteroatoms. The van der Waals surface area contributed by atoms with Gasteiger partial charge in [-0.15, -0.1) is 0 Å². The highest BCUT2D eigenvalue weighted by atomic mass is 31.2. The number of nitrogen functional groups attached to an aromatic ring is 1. The Morgan fingerprint density at radius 3 is 2.70 bits per heavy atom. The monoisotopic (exact) mass is 616 g/mol. The van der Waals surface area contributed by atoms with Gasteiger partial charge in [-0.05, 0) is 25.8 Å². The highest BCUT2D eigenvalue weighted by Gasteiger charge is 2.46. The molecule has 7 N–H and O–H groups in total. The van der Waals surface area contributed by atoms with Gasteiger partial charge in [0.25, 0.3) is 0 Å². The van der Waals surface area contributed by atoms with Crippen LogP contribution in [0.2, 0.25) is 0 Å². The number of carbonyl (C=O) groups excluding carboxylic acids is 2. The van der Waals surface area contributed by atoms with Crippen molar-refractivity contribution in [3.05, 3.63) is 54.4 Å². The lowest BCUT2D eigenvalue weighted by Gasteiger charge is -2.32. The molecule has 0 spiro atoms. The van der Waals surface area contributed by atoms with Crippen molar-refractivity contribution in [1.29, 1.82) is 0 Å². The fraction of sp³-hybridized carbons (Fsp3) is 0.423. The third-order valence-corrected chi connectivity index (χ3v) is 7.96. The average Bonchev–Trinajstić information content (AvgIpc) is 3.53. The maximum atomic E-state index is 13.3. The first-order chi connectivity index (χ1) is 20.5. The van der Waals surface area contributed by atoms with Gasteiger partial charge in [0.2, 0.25) is 23.9 Å². The van der Waals surface area contributed by atoms with E-state index in [0.717, 1.165) is 12.8 Å². The molecule has 2 unspecified atom stereocenters. The zero-order valence-corrected chi connectivity index (χ0v) is 24.3. The predicted molar refractivity (Wildman–Crippen MR) is 153 cm³/mol. The molecule has 1 amide bonds. The van der Waals surface area contributed by atoms with Crippen LogP contribution in [0.15, 0.2) is 48.8 Å². The summed E-state index contributed by atoms with van der Waals surface area (Å²) >= 11 is 0. The number of aliphatic hydroxyl groups excluding tert-OH is 1. The minimum Gasteiger partial charge on any atom is -0.368 e. The van der Waals surface area contributed by atoms with E-state index in [2.05, 4.69) is 25.7 Å². The third-order valence-electron chi connectivity index (χ3n) is 6.89. The Hall–Kier alpha value is -3.76. The minimum absolute atomic E-state index is 0.0215. The molecule has 2 aromatic heterocycles. The van der Waals surface area contributed by atoms with Crippen LogP contribution in [0.5, 0.6) is 0 Å². The second-order valence-corrected chi connectivity index (χ2v) is 11.8. The molecule has 2 aliphatic carbocycles. The fourth-order valence-electron chi connectivity index (χ4n) is 4.66. The number of hydrogen-bond donors (Lipinski definition) is 6. The number of Topliss-reactive ketones (excluding diaryl/α,β-unsaturated/α-hetero) is 1. The van der Waals surface area contributed by atoms with Gasteiger partial charge < -0.3 is 30.6 Å². The topological polar surface area (TPSA) is 225 Å². The van der Waals surface area contributed by atoms with E-state index in [-0.39, 0.29) is 36.2 Å². The van der Waals surface area contributed by atoms with Crippen molar-refractivity contribution in [3.63, 3.8) is 0 Å². The standard InChI is InChI=1S/C26H33N8O8P/c1-15(32-40-2)23(36)33-43(38,39)42-26(34-14-28-19-21(29-18-8-9-18)30-25(27)31-22(19)34)11-10-16(12-26)13-41-24(37)20(35)17-6-4-3-5-7-17/h3-7,10-11,14-16,18,24,32,37H,8-9,12-13H2,1-2H3,(H3,27,29,30,31)(H2,33,36,38,39)/t15-,16+,24?,26+/m0/s1. The number of aromatic nitrogens is 4. The number of rotatable bonds is 14. The van der Waals surface area contributed by atoms with Gasteiger partial charge in [-0.1, -0.05) is 36.4 Å². The van der Waals surface area contributed by atoms with Crippen molar-refractivity contribution >= 4 is 42.4 Å². The van der Waals surface area contributed by atoms with E-state index >= 15 is 0 Å². The molecule has 0 bridgehead atoms. The van der Waals surface area contributed by atoms with Crippen molar-refractivity contribution < 1.29 is 38.3 Å². The van der Waals surface area contributed by atoms with Gasteiger partial charge in [0, 0.05) is 23.9 Å². The number of imidazole rings is 1. The summed E-state index contributed by atoms with van der Waals surface area (Å²) in [5.41, 5.74) is 7.51. The molecule has 230 valence electrons. The molecule has 1 saturated carbocycles. The number of fused-ring (bicyclic) bond motifs is 1. The van der Waals surface area contributed by atoms with E-state index in [4.69, 9.17) is 19.8 Å². The number of ketones is 1. The Kier molecular flexibility index (Phi) is 8.89. The number of nitrogens with two attached hydrogens (primary N) is 1. The number of hydrogen-bond acceptors (Lipinski definition) is 13. The van der Waals surface area contributed by atoms with Gasteiger partial charge in [0.15, 0.2) is 22.7 Å². The van der Waals surface area contributed by atoms with Crippen LogP contribution >= 0.6 is 7.75 Å². The van der Waals surface area contributed by atoms with Gasteiger partial charge in [0.05, 0.1) is 20.0 Å². The number of ether oxygens (including phenoxy) is 1. The number of carbonyl (C=O) groups is 2. The molecule has 5 rings (SSSR count). The van der Waals surface area contributed by atoms with Crippen LogP contribution in [-0.4, -0.2) is 73.3 Å². The highest BCUT2D eigenvalue weighted by Crippen LogP contribution is 2.50.